The van der Waals surface area contributed by atoms with Crippen LogP contribution in [0, 0.1) is 11.3 Å². The first kappa shape index (κ1) is 15.2. The molecule has 1 aromatic heterocycles. The molecular formula is C14H15N5O3. The summed E-state index contributed by atoms with van der Waals surface area (Å²) in [6.45, 7) is 0. The molecule has 0 aliphatic carbocycles. The fourth-order valence-corrected chi connectivity index (χ4v) is 2.03. The Labute approximate surface area is 127 Å². The van der Waals surface area contributed by atoms with Gasteiger partial charge in [0.25, 0.3) is 0 Å². The molecule has 0 unspecified atom stereocenters. The summed E-state index contributed by atoms with van der Waals surface area (Å²) >= 11 is 0. The normalized spacial score (nSPS) is 9.91. The van der Waals surface area contributed by atoms with Gasteiger partial charge < -0.3 is 25.7 Å². The van der Waals surface area contributed by atoms with Crippen molar-refractivity contribution in [2.24, 2.45) is 0 Å². The second-order valence-corrected chi connectivity index (χ2v) is 4.22. The maximum absolute atomic E-state index is 9.27. The molecule has 2 aromatic rings. The number of hydrogen-bond acceptors (Lipinski definition) is 8. The predicted octanol–water partition coefficient (Wildman–Crippen LogP) is 1.21. The first-order valence-electron chi connectivity index (χ1n) is 6.19. The highest BCUT2D eigenvalue weighted by molar-refractivity contribution is 5.76. The van der Waals surface area contributed by atoms with Crippen molar-refractivity contribution in [1.29, 1.82) is 5.26 Å². The summed E-state index contributed by atoms with van der Waals surface area (Å²) < 4.78 is 15.8. The molecule has 0 spiro atoms. The van der Waals surface area contributed by atoms with E-state index in [-0.39, 0.29) is 17.3 Å². The summed E-state index contributed by atoms with van der Waals surface area (Å²) in [6.07, 6.45) is 0. The van der Waals surface area contributed by atoms with Crippen molar-refractivity contribution < 1.29 is 14.2 Å². The quantitative estimate of drug-likeness (QED) is 0.861. The highest BCUT2D eigenvalue weighted by Crippen LogP contribution is 2.41. The Hall–Kier alpha value is -3.21. The summed E-state index contributed by atoms with van der Waals surface area (Å²) in [5.74, 6) is 1.27. The molecule has 1 heterocycles. The number of methoxy groups -OCH3 is 3. The van der Waals surface area contributed by atoms with Crippen molar-refractivity contribution in [3.05, 3.63) is 17.7 Å². The van der Waals surface area contributed by atoms with E-state index in [1.165, 1.54) is 21.3 Å². The Balaban J connectivity index is 2.76. The van der Waals surface area contributed by atoms with Crippen molar-refractivity contribution in [1.82, 2.24) is 9.97 Å². The van der Waals surface area contributed by atoms with Gasteiger partial charge in [0.05, 0.1) is 27.0 Å². The minimum absolute atomic E-state index is 0.0127. The van der Waals surface area contributed by atoms with Gasteiger partial charge in [0.15, 0.2) is 11.5 Å². The van der Waals surface area contributed by atoms with Crippen LogP contribution in [0.1, 0.15) is 5.56 Å². The first-order chi connectivity index (χ1) is 10.5. The predicted molar refractivity (Wildman–Crippen MR) is 80.7 cm³/mol. The number of anilines is 2. The second kappa shape index (κ2) is 6.05. The zero-order valence-corrected chi connectivity index (χ0v) is 12.4. The van der Waals surface area contributed by atoms with Gasteiger partial charge >= 0.3 is 0 Å². The zero-order valence-electron chi connectivity index (χ0n) is 12.4. The minimum atomic E-state index is -0.0275. The maximum atomic E-state index is 9.27. The van der Waals surface area contributed by atoms with Crippen molar-refractivity contribution in [2.45, 2.75) is 0 Å². The van der Waals surface area contributed by atoms with Gasteiger partial charge in [0.1, 0.15) is 17.5 Å². The third kappa shape index (κ3) is 2.52. The molecule has 114 valence electrons. The molecule has 1 aromatic carbocycles. The van der Waals surface area contributed by atoms with Gasteiger partial charge in [-0.25, -0.2) is 4.98 Å². The molecule has 0 saturated carbocycles. The van der Waals surface area contributed by atoms with Gasteiger partial charge in [-0.1, -0.05) is 0 Å². The SMILES string of the molecule is COc1cc(-c2nc(N)nc(N)c2C#N)cc(OC)c1OC. The Morgan fingerprint density at radius 1 is 1.00 bits per heavy atom. The Kier molecular flexibility index (Phi) is 4.18. The summed E-state index contributed by atoms with van der Waals surface area (Å²) in [7, 11) is 4.49. The molecule has 0 aliphatic heterocycles. The van der Waals surface area contributed by atoms with Gasteiger partial charge in [-0.3, -0.25) is 0 Å². The van der Waals surface area contributed by atoms with Crippen LogP contribution in [0.2, 0.25) is 0 Å². The van der Waals surface area contributed by atoms with Gasteiger partial charge in [0.2, 0.25) is 11.7 Å². The zero-order chi connectivity index (χ0) is 16.3. The molecule has 0 aliphatic rings. The lowest BCUT2D eigenvalue weighted by Gasteiger charge is -2.14. The van der Waals surface area contributed by atoms with Crippen LogP contribution in [0.15, 0.2) is 12.1 Å². The van der Waals surface area contributed by atoms with Crippen LogP contribution in [-0.2, 0) is 0 Å². The van der Waals surface area contributed by atoms with Crippen LogP contribution in [-0.4, -0.2) is 31.3 Å². The van der Waals surface area contributed by atoms with E-state index < -0.39 is 0 Å². The lowest BCUT2D eigenvalue weighted by Crippen LogP contribution is -2.05. The van der Waals surface area contributed by atoms with Crippen molar-refractivity contribution in [3.63, 3.8) is 0 Å². The number of nitrogens with two attached hydrogens (primary N) is 2. The number of nitrogens with zero attached hydrogens (tertiary/aromatic N) is 3. The minimum Gasteiger partial charge on any atom is -0.493 e. The highest BCUT2D eigenvalue weighted by Gasteiger charge is 2.19. The number of ether oxygens (including phenoxy) is 3. The van der Waals surface area contributed by atoms with Crippen LogP contribution in [0.4, 0.5) is 11.8 Å². The summed E-state index contributed by atoms with van der Waals surface area (Å²) in [6, 6.07) is 5.29. The monoisotopic (exact) mass is 301 g/mol. The molecule has 2 rings (SSSR count). The second-order valence-electron chi connectivity index (χ2n) is 4.22. The molecule has 0 bridgehead atoms. The maximum Gasteiger partial charge on any atom is 0.222 e. The standard InChI is InChI=1S/C14H15N5O3/c1-20-9-4-7(5-10(21-2)12(9)22-3)11-8(6-15)13(16)19-14(17)18-11/h4-5H,1-3H3,(H4,16,17,18,19). The van der Waals surface area contributed by atoms with Gasteiger partial charge in [-0.2, -0.15) is 10.2 Å². The topological polar surface area (TPSA) is 129 Å². The van der Waals surface area contributed by atoms with Crippen LogP contribution in [0.3, 0.4) is 0 Å². The number of nitriles is 1. The van der Waals surface area contributed by atoms with Gasteiger partial charge in [0, 0.05) is 5.56 Å². The lowest BCUT2D eigenvalue weighted by molar-refractivity contribution is 0.324. The first-order valence-corrected chi connectivity index (χ1v) is 6.19. The van der Waals surface area contributed by atoms with Crippen molar-refractivity contribution in [3.8, 4) is 34.6 Å². The smallest absolute Gasteiger partial charge is 0.222 e. The van der Waals surface area contributed by atoms with Crippen LogP contribution >= 0.6 is 0 Å². The highest BCUT2D eigenvalue weighted by atomic mass is 16.5. The van der Waals surface area contributed by atoms with Crippen LogP contribution in [0.25, 0.3) is 11.3 Å². The van der Waals surface area contributed by atoms with Crippen LogP contribution < -0.4 is 25.7 Å². The Bertz CT molecular complexity index is 730. The molecule has 4 N–H and O–H groups in total. The van der Waals surface area contributed by atoms with Crippen molar-refractivity contribution >= 4 is 11.8 Å². The summed E-state index contributed by atoms with van der Waals surface area (Å²) in [5, 5.41) is 9.27. The van der Waals surface area contributed by atoms with E-state index in [0.717, 1.165) is 0 Å². The molecule has 22 heavy (non-hydrogen) atoms. The van der Waals surface area contributed by atoms with Crippen molar-refractivity contribution in [2.75, 3.05) is 32.8 Å². The third-order valence-electron chi connectivity index (χ3n) is 3.00. The molecular weight excluding hydrogens is 286 g/mol. The summed E-state index contributed by atoms with van der Waals surface area (Å²) in [5.41, 5.74) is 12.3. The Morgan fingerprint density at radius 2 is 1.59 bits per heavy atom. The largest absolute Gasteiger partial charge is 0.493 e. The average molecular weight is 301 g/mol. The molecule has 0 saturated heterocycles. The number of aromatic nitrogens is 2. The number of benzene rings is 1. The Morgan fingerprint density at radius 3 is 2.05 bits per heavy atom. The van der Waals surface area contributed by atoms with Gasteiger partial charge in [-0.05, 0) is 12.1 Å². The molecule has 0 fully saturated rings. The van der Waals surface area contributed by atoms with E-state index in [1.54, 1.807) is 12.1 Å². The molecule has 0 radical (unpaired) electrons. The molecule has 0 amide bonds. The third-order valence-corrected chi connectivity index (χ3v) is 3.00. The van der Waals surface area contributed by atoms with E-state index >= 15 is 0 Å². The number of nitrogen functional groups attached to an aromatic ring is 2. The lowest BCUT2D eigenvalue weighted by atomic mass is 10.1. The van der Waals surface area contributed by atoms with E-state index in [0.29, 0.717) is 28.5 Å². The molecule has 8 nitrogen and oxygen atoms in total. The van der Waals surface area contributed by atoms with Gasteiger partial charge in [-0.15, -0.1) is 0 Å². The van der Waals surface area contributed by atoms with E-state index in [4.69, 9.17) is 25.7 Å². The number of rotatable bonds is 4. The molecule has 0 atom stereocenters. The average Bonchev–Trinajstić information content (AvgIpc) is 2.52. The van der Waals surface area contributed by atoms with Crippen LogP contribution in [0.5, 0.6) is 17.2 Å². The van der Waals surface area contributed by atoms with E-state index in [2.05, 4.69) is 9.97 Å². The van der Waals surface area contributed by atoms with E-state index in [9.17, 15) is 5.26 Å². The fraction of sp³-hybridized carbons (Fsp3) is 0.214. The summed E-state index contributed by atoms with van der Waals surface area (Å²) in [4.78, 5) is 7.88. The number of hydrogen-bond donors (Lipinski definition) is 2. The molecule has 8 heteroatoms. The fourth-order valence-electron chi connectivity index (χ4n) is 2.03. The van der Waals surface area contributed by atoms with E-state index in [1.807, 2.05) is 6.07 Å².